The first-order valence-corrected chi connectivity index (χ1v) is 5.84. The molecule has 0 radical (unpaired) electrons. The van der Waals surface area contributed by atoms with Crippen LogP contribution in [-0.2, 0) is 0 Å². The highest BCUT2D eigenvalue weighted by atomic mass is 16.5. The summed E-state index contributed by atoms with van der Waals surface area (Å²) in [4.78, 5) is 2.38. The molecule has 86 valence electrons. The molecule has 1 atom stereocenters. The minimum atomic E-state index is 0.546. The topological polar surface area (TPSA) is 12.2 Å². The van der Waals surface area contributed by atoms with Crippen molar-refractivity contribution in [2.24, 2.45) is 0 Å². The Kier molecular flexibility index (Phi) is 2.48. The number of hydrogen-bond acceptors (Lipinski definition) is 2. The Morgan fingerprint density at radius 1 is 1.00 bits per heavy atom. The third-order valence-electron chi connectivity index (χ3n) is 3.20. The van der Waals surface area contributed by atoms with Crippen molar-refractivity contribution in [3.05, 3.63) is 60.2 Å². The maximum absolute atomic E-state index is 5.16. The molecule has 1 aliphatic rings. The molecule has 0 N–H and O–H groups in total. The molecule has 0 saturated carbocycles. The summed E-state index contributed by atoms with van der Waals surface area (Å²) in [7, 11) is 1.69. The van der Waals surface area contributed by atoms with Crippen molar-refractivity contribution in [1.29, 1.82) is 0 Å². The lowest BCUT2D eigenvalue weighted by Crippen LogP contribution is -1.94. The number of nitrogens with zero attached hydrogens (tertiary/aromatic N) is 1. The lowest BCUT2D eigenvalue weighted by Gasteiger charge is -2.06. The maximum Gasteiger partial charge on any atom is 0.119 e. The van der Waals surface area contributed by atoms with Crippen LogP contribution in [0.1, 0.15) is 11.6 Å². The Balaban J connectivity index is 1.76. The van der Waals surface area contributed by atoms with Gasteiger partial charge in [-0.15, -0.1) is 0 Å². The molecule has 2 aromatic carbocycles. The molecule has 1 fully saturated rings. The van der Waals surface area contributed by atoms with Gasteiger partial charge in [0, 0.05) is 12.2 Å². The van der Waals surface area contributed by atoms with E-state index in [1.807, 2.05) is 12.1 Å². The van der Waals surface area contributed by atoms with Crippen LogP contribution in [0.3, 0.4) is 0 Å². The summed E-state index contributed by atoms with van der Waals surface area (Å²) < 4.78 is 5.16. The zero-order chi connectivity index (χ0) is 11.7. The minimum absolute atomic E-state index is 0.546. The Hall–Kier alpha value is -1.96. The third kappa shape index (κ3) is 1.98. The summed E-state index contributed by atoms with van der Waals surface area (Å²) in [5.74, 6) is 0.909. The van der Waals surface area contributed by atoms with Crippen LogP contribution < -0.4 is 9.64 Å². The Labute approximate surface area is 101 Å². The smallest absolute Gasteiger partial charge is 0.119 e. The van der Waals surface area contributed by atoms with Crippen LogP contribution in [0.5, 0.6) is 5.75 Å². The fourth-order valence-electron chi connectivity index (χ4n) is 2.16. The van der Waals surface area contributed by atoms with Gasteiger partial charge in [-0.25, -0.2) is 0 Å². The van der Waals surface area contributed by atoms with E-state index in [1.54, 1.807) is 7.11 Å². The highest BCUT2D eigenvalue weighted by molar-refractivity contribution is 5.57. The van der Waals surface area contributed by atoms with Crippen LogP contribution in [0.4, 0.5) is 5.69 Å². The molecule has 0 bridgehead atoms. The SMILES string of the molecule is COc1ccc(N2C[C@@H]2c2ccccc2)cc1. The van der Waals surface area contributed by atoms with Gasteiger partial charge in [-0.05, 0) is 29.8 Å². The Bertz CT molecular complexity index is 492. The van der Waals surface area contributed by atoms with Gasteiger partial charge in [0.25, 0.3) is 0 Å². The van der Waals surface area contributed by atoms with E-state index in [4.69, 9.17) is 4.74 Å². The monoisotopic (exact) mass is 225 g/mol. The maximum atomic E-state index is 5.16. The van der Waals surface area contributed by atoms with E-state index in [1.165, 1.54) is 11.3 Å². The predicted octanol–water partition coefficient (Wildman–Crippen LogP) is 3.26. The molecule has 0 aromatic heterocycles. The number of anilines is 1. The molecule has 2 aromatic rings. The second-order valence-electron chi connectivity index (χ2n) is 4.28. The lowest BCUT2D eigenvalue weighted by molar-refractivity contribution is 0.415. The molecule has 17 heavy (non-hydrogen) atoms. The Morgan fingerprint density at radius 2 is 1.71 bits per heavy atom. The molecular formula is C15H15NO. The van der Waals surface area contributed by atoms with E-state index < -0.39 is 0 Å². The first-order valence-electron chi connectivity index (χ1n) is 5.84. The molecule has 3 rings (SSSR count). The van der Waals surface area contributed by atoms with Crippen LogP contribution in [0.2, 0.25) is 0 Å². The van der Waals surface area contributed by atoms with E-state index >= 15 is 0 Å². The molecule has 0 amide bonds. The van der Waals surface area contributed by atoms with Gasteiger partial charge >= 0.3 is 0 Å². The van der Waals surface area contributed by atoms with Crippen molar-refractivity contribution < 1.29 is 4.74 Å². The molecular weight excluding hydrogens is 210 g/mol. The molecule has 0 aliphatic carbocycles. The third-order valence-corrected chi connectivity index (χ3v) is 3.20. The van der Waals surface area contributed by atoms with Crippen molar-refractivity contribution >= 4 is 5.69 Å². The molecule has 1 heterocycles. The number of methoxy groups -OCH3 is 1. The normalized spacial score (nSPS) is 17.9. The van der Waals surface area contributed by atoms with Gasteiger partial charge in [0.2, 0.25) is 0 Å². The van der Waals surface area contributed by atoms with Crippen LogP contribution in [0, 0.1) is 0 Å². The molecule has 1 saturated heterocycles. The summed E-state index contributed by atoms with van der Waals surface area (Å²) in [6.07, 6.45) is 0. The second kappa shape index (κ2) is 4.13. The largest absolute Gasteiger partial charge is 0.497 e. The zero-order valence-corrected chi connectivity index (χ0v) is 9.84. The van der Waals surface area contributed by atoms with Crippen molar-refractivity contribution in [2.75, 3.05) is 18.6 Å². The van der Waals surface area contributed by atoms with Gasteiger partial charge in [0.15, 0.2) is 0 Å². The number of rotatable bonds is 3. The second-order valence-corrected chi connectivity index (χ2v) is 4.28. The van der Waals surface area contributed by atoms with Crippen molar-refractivity contribution in [2.45, 2.75) is 6.04 Å². The highest BCUT2D eigenvalue weighted by Crippen LogP contribution is 2.39. The zero-order valence-electron chi connectivity index (χ0n) is 9.84. The summed E-state index contributed by atoms with van der Waals surface area (Å²) in [5, 5.41) is 0. The van der Waals surface area contributed by atoms with Crippen molar-refractivity contribution in [3.63, 3.8) is 0 Å². The minimum Gasteiger partial charge on any atom is -0.497 e. The summed E-state index contributed by atoms with van der Waals surface area (Å²) in [6.45, 7) is 1.11. The number of hydrogen-bond donors (Lipinski definition) is 0. The summed E-state index contributed by atoms with van der Waals surface area (Å²) in [5.41, 5.74) is 2.66. The quantitative estimate of drug-likeness (QED) is 0.743. The average molecular weight is 225 g/mol. The van der Waals surface area contributed by atoms with Crippen LogP contribution in [0.15, 0.2) is 54.6 Å². The van der Waals surface area contributed by atoms with Crippen LogP contribution in [-0.4, -0.2) is 13.7 Å². The van der Waals surface area contributed by atoms with Crippen molar-refractivity contribution in [3.8, 4) is 5.75 Å². The van der Waals surface area contributed by atoms with Gasteiger partial charge in [-0.2, -0.15) is 0 Å². The molecule has 1 aliphatic heterocycles. The molecule has 2 heteroatoms. The molecule has 0 unspecified atom stereocenters. The predicted molar refractivity (Wildman–Crippen MR) is 69.5 cm³/mol. The molecule has 2 nitrogen and oxygen atoms in total. The average Bonchev–Trinajstić information content (AvgIpc) is 3.20. The van der Waals surface area contributed by atoms with Gasteiger partial charge in [-0.3, -0.25) is 0 Å². The fraction of sp³-hybridized carbons (Fsp3) is 0.200. The van der Waals surface area contributed by atoms with Crippen LogP contribution in [0.25, 0.3) is 0 Å². The first kappa shape index (κ1) is 10.2. The van der Waals surface area contributed by atoms with Crippen molar-refractivity contribution in [1.82, 2.24) is 0 Å². The van der Waals surface area contributed by atoms with E-state index in [-0.39, 0.29) is 0 Å². The van der Waals surface area contributed by atoms with Crippen LogP contribution >= 0.6 is 0 Å². The fourth-order valence-corrected chi connectivity index (χ4v) is 2.16. The summed E-state index contributed by atoms with van der Waals surface area (Å²) >= 11 is 0. The Morgan fingerprint density at radius 3 is 2.35 bits per heavy atom. The number of ether oxygens (including phenoxy) is 1. The number of benzene rings is 2. The lowest BCUT2D eigenvalue weighted by atomic mass is 10.2. The molecule has 0 spiro atoms. The van der Waals surface area contributed by atoms with Gasteiger partial charge in [0.1, 0.15) is 5.75 Å². The standard InChI is InChI=1S/C15H15NO/c1-17-14-9-7-13(8-10-14)16-11-15(16)12-5-3-2-4-6-12/h2-10,15H,11H2,1H3/t15-,16?/m1/s1. The van der Waals surface area contributed by atoms with E-state index in [0.29, 0.717) is 6.04 Å². The van der Waals surface area contributed by atoms with E-state index in [9.17, 15) is 0 Å². The van der Waals surface area contributed by atoms with E-state index in [2.05, 4.69) is 47.4 Å². The van der Waals surface area contributed by atoms with Gasteiger partial charge in [0.05, 0.1) is 13.2 Å². The van der Waals surface area contributed by atoms with Gasteiger partial charge in [-0.1, -0.05) is 30.3 Å². The first-order chi connectivity index (χ1) is 8.38. The highest BCUT2D eigenvalue weighted by Gasteiger charge is 2.35. The van der Waals surface area contributed by atoms with E-state index in [0.717, 1.165) is 12.3 Å². The van der Waals surface area contributed by atoms with Gasteiger partial charge < -0.3 is 9.64 Å². The summed E-state index contributed by atoms with van der Waals surface area (Å²) in [6, 6.07) is 19.4.